The Morgan fingerprint density at radius 2 is 1.90 bits per heavy atom. The molecule has 0 aliphatic heterocycles. The van der Waals surface area contributed by atoms with Gasteiger partial charge in [-0.05, 0) is 24.3 Å². The first-order chi connectivity index (χ1) is 13.9. The summed E-state index contributed by atoms with van der Waals surface area (Å²) in [6, 6.07) is 12.6. The molecule has 0 radical (unpaired) electrons. The molecule has 146 valence electrons. The molecule has 4 rings (SSSR count). The highest BCUT2D eigenvalue weighted by molar-refractivity contribution is 7.89. The fourth-order valence-corrected chi connectivity index (χ4v) is 4.07. The van der Waals surface area contributed by atoms with Crippen molar-refractivity contribution in [2.24, 2.45) is 10.1 Å². The van der Waals surface area contributed by atoms with Crippen molar-refractivity contribution in [3.63, 3.8) is 0 Å². The minimum Gasteiger partial charge on any atom is -0.494 e. The molecule has 2 aromatic carbocycles. The smallest absolute Gasteiger partial charge is 0.267 e. The number of rotatable bonds is 4. The molecule has 0 unspecified atom stereocenters. The lowest BCUT2D eigenvalue weighted by Crippen LogP contribution is -2.19. The van der Waals surface area contributed by atoms with Crippen molar-refractivity contribution in [1.29, 1.82) is 0 Å². The number of nitrogens with zero attached hydrogens (tertiary/aromatic N) is 3. The molecule has 0 fully saturated rings. The molecule has 0 bridgehead atoms. The summed E-state index contributed by atoms with van der Waals surface area (Å²) < 4.78 is 24.2. The maximum Gasteiger partial charge on any atom is 0.267 e. The fourth-order valence-electron chi connectivity index (χ4n) is 2.87. The molecule has 0 atom stereocenters. The van der Waals surface area contributed by atoms with Crippen LogP contribution in [0.1, 0.15) is 5.56 Å². The molecular weight excluding hydrogens is 412 g/mol. The number of aliphatic imine (C=N–C) groups is 1. The summed E-state index contributed by atoms with van der Waals surface area (Å²) in [5, 5.41) is 18.9. The van der Waals surface area contributed by atoms with Crippen LogP contribution in [-0.2, 0) is 10.0 Å². The van der Waals surface area contributed by atoms with Crippen LogP contribution in [0.15, 0.2) is 74.8 Å². The Hall–Kier alpha value is -3.34. The number of hydrogen-bond acceptors (Lipinski definition) is 7. The third-order valence-corrected chi connectivity index (χ3v) is 5.87. The molecule has 2 aromatic heterocycles. The molecule has 8 nitrogen and oxygen atoms in total. The van der Waals surface area contributed by atoms with E-state index in [-0.39, 0.29) is 10.8 Å². The van der Waals surface area contributed by atoms with E-state index in [2.05, 4.69) is 9.98 Å². The Bertz CT molecular complexity index is 1410. The monoisotopic (exact) mass is 426 g/mol. The molecule has 29 heavy (non-hydrogen) atoms. The third-order valence-electron chi connectivity index (χ3n) is 4.20. The minimum atomic E-state index is -3.87. The molecule has 0 spiro atoms. The Morgan fingerprint density at radius 1 is 1.14 bits per heavy atom. The summed E-state index contributed by atoms with van der Waals surface area (Å²) in [7, 11) is -3.87. The number of thiazole rings is 1. The van der Waals surface area contributed by atoms with Crippen LogP contribution in [0.4, 0.5) is 5.69 Å². The van der Waals surface area contributed by atoms with Crippen LogP contribution < -0.4 is 10.7 Å². The number of hydrogen-bond donors (Lipinski definition) is 2. The molecule has 0 amide bonds. The normalized spacial score (nSPS) is 12.0. The van der Waals surface area contributed by atoms with E-state index in [1.54, 1.807) is 35.7 Å². The zero-order valence-electron chi connectivity index (χ0n) is 14.8. The van der Waals surface area contributed by atoms with Crippen LogP contribution in [0, 0.1) is 0 Å². The largest absolute Gasteiger partial charge is 0.494 e. The standard InChI is InChI=1S/C19H14N4O4S2/c20-29(26,27)13-5-3-4-12(10-13)22-11-16-14-6-1-2-7-15(14)17(24)23(18(16)25)19-21-8-9-28-19/h1-11,25H,(H2,20,26,27). The van der Waals surface area contributed by atoms with Crippen molar-refractivity contribution in [2.45, 2.75) is 4.90 Å². The first-order valence-corrected chi connectivity index (χ1v) is 10.7. The SMILES string of the molecule is NS(=O)(=O)c1cccc(N=Cc2c(O)n(-c3nccs3)c(=O)c3ccccc23)c1. The van der Waals surface area contributed by atoms with Crippen molar-refractivity contribution in [3.8, 4) is 11.0 Å². The number of sulfonamides is 1. The van der Waals surface area contributed by atoms with E-state index >= 15 is 0 Å². The molecule has 0 saturated heterocycles. The Labute approximate surface area is 169 Å². The summed E-state index contributed by atoms with van der Waals surface area (Å²) in [5.74, 6) is -0.310. The van der Waals surface area contributed by atoms with E-state index in [1.807, 2.05) is 0 Å². The van der Waals surface area contributed by atoms with E-state index in [9.17, 15) is 18.3 Å². The number of pyridine rings is 1. The maximum absolute atomic E-state index is 12.9. The third kappa shape index (κ3) is 3.56. The van der Waals surface area contributed by atoms with Gasteiger partial charge in [-0.25, -0.2) is 23.1 Å². The number of fused-ring (bicyclic) bond motifs is 1. The molecule has 10 heteroatoms. The maximum atomic E-state index is 12.9. The summed E-state index contributed by atoms with van der Waals surface area (Å²) in [6.45, 7) is 0. The van der Waals surface area contributed by atoms with Crippen LogP contribution in [0.3, 0.4) is 0 Å². The quantitative estimate of drug-likeness (QED) is 0.485. The first kappa shape index (κ1) is 19.0. The van der Waals surface area contributed by atoms with Gasteiger partial charge in [0.05, 0.1) is 16.1 Å². The molecule has 2 heterocycles. The average Bonchev–Trinajstić information content (AvgIpc) is 3.22. The molecule has 0 aliphatic rings. The molecule has 4 aromatic rings. The van der Waals surface area contributed by atoms with Gasteiger partial charge in [0.2, 0.25) is 15.9 Å². The van der Waals surface area contributed by atoms with Crippen molar-refractivity contribution >= 4 is 44.0 Å². The number of primary sulfonamides is 1. The molecule has 0 saturated carbocycles. The van der Waals surface area contributed by atoms with E-state index in [0.717, 1.165) is 4.57 Å². The van der Waals surface area contributed by atoms with E-state index in [1.165, 1.54) is 41.9 Å². The lowest BCUT2D eigenvalue weighted by molar-refractivity contribution is 0.436. The highest BCUT2D eigenvalue weighted by Gasteiger charge is 2.17. The van der Waals surface area contributed by atoms with E-state index in [0.29, 0.717) is 27.2 Å². The Morgan fingerprint density at radius 3 is 2.59 bits per heavy atom. The zero-order valence-corrected chi connectivity index (χ0v) is 16.4. The van der Waals surface area contributed by atoms with Gasteiger partial charge in [0, 0.05) is 28.6 Å². The fraction of sp³-hybridized carbons (Fsp3) is 0. The van der Waals surface area contributed by atoms with E-state index < -0.39 is 15.6 Å². The highest BCUT2D eigenvalue weighted by Crippen LogP contribution is 2.27. The first-order valence-electron chi connectivity index (χ1n) is 8.30. The number of aromatic nitrogens is 2. The minimum absolute atomic E-state index is 0.0750. The van der Waals surface area contributed by atoms with Crippen LogP contribution in [-0.4, -0.2) is 29.3 Å². The van der Waals surface area contributed by atoms with Crippen molar-refractivity contribution in [3.05, 3.63) is 76.0 Å². The van der Waals surface area contributed by atoms with Crippen molar-refractivity contribution in [2.75, 3.05) is 0 Å². The number of nitrogens with two attached hydrogens (primary N) is 1. The van der Waals surface area contributed by atoms with Gasteiger partial charge in [-0.15, -0.1) is 11.3 Å². The van der Waals surface area contributed by atoms with Gasteiger partial charge >= 0.3 is 0 Å². The Kier molecular flexibility index (Phi) is 4.74. The summed E-state index contributed by atoms with van der Waals surface area (Å²) in [5.41, 5.74) is 0.227. The summed E-state index contributed by atoms with van der Waals surface area (Å²) in [6.07, 6.45) is 2.91. The molecular formula is C19H14N4O4S2. The topological polar surface area (TPSA) is 128 Å². The second-order valence-electron chi connectivity index (χ2n) is 6.04. The van der Waals surface area contributed by atoms with Crippen molar-refractivity contribution < 1.29 is 13.5 Å². The van der Waals surface area contributed by atoms with Crippen molar-refractivity contribution in [1.82, 2.24) is 9.55 Å². The van der Waals surface area contributed by atoms with Gasteiger partial charge in [-0.1, -0.05) is 24.3 Å². The van der Waals surface area contributed by atoms with Gasteiger partial charge in [-0.2, -0.15) is 0 Å². The predicted molar refractivity (Wildman–Crippen MR) is 112 cm³/mol. The van der Waals surface area contributed by atoms with Crippen LogP contribution in [0.2, 0.25) is 0 Å². The van der Waals surface area contributed by atoms with E-state index in [4.69, 9.17) is 5.14 Å². The van der Waals surface area contributed by atoms with Gasteiger partial charge < -0.3 is 5.11 Å². The van der Waals surface area contributed by atoms with Gasteiger partial charge in [-0.3, -0.25) is 9.79 Å². The molecule has 0 aliphatic carbocycles. The van der Waals surface area contributed by atoms with Gasteiger partial charge in [0.15, 0.2) is 5.13 Å². The Balaban J connectivity index is 1.93. The predicted octanol–water partition coefficient (Wildman–Crippen LogP) is 2.55. The van der Waals surface area contributed by atoms with Crippen LogP contribution >= 0.6 is 11.3 Å². The number of benzene rings is 2. The average molecular weight is 426 g/mol. The van der Waals surface area contributed by atoms with Gasteiger partial charge in [0.1, 0.15) is 0 Å². The molecule has 3 N–H and O–H groups in total. The zero-order chi connectivity index (χ0) is 20.6. The lowest BCUT2D eigenvalue weighted by Gasteiger charge is -2.11. The second-order valence-corrected chi connectivity index (χ2v) is 8.47. The van der Waals surface area contributed by atoms with Crippen LogP contribution in [0.5, 0.6) is 5.88 Å². The highest BCUT2D eigenvalue weighted by atomic mass is 32.2. The second kappa shape index (κ2) is 7.24. The summed E-state index contributed by atoms with van der Waals surface area (Å²) >= 11 is 1.21. The summed E-state index contributed by atoms with van der Waals surface area (Å²) in [4.78, 5) is 21.2. The van der Waals surface area contributed by atoms with Crippen LogP contribution in [0.25, 0.3) is 15.9 Å². The number of aromatic hydroxyl groups is 1. The lowest BCUT2D eigenvalue weighted by atomic mass is 10.1. The van der Waals surface area contributed by atoms with Gasteiger partial charge in [0.25, 0.3) is 5.56 Å².